The van der Waals surface area contributed by atoms with Crippen LogP contribution in [0.3, 0.4) is 0 Å². The molecule has 4 heterocycles. The second-order valence-corrected chi connectivity index (χ2v) is 14.1. The summed E-state index contributed by atoms with van der Waals surface area (Å²) in [5.74, 6) is -1.65. The fourth-order valence-corrected chi connectivity index (χ4v) is 8.65. The molecule has 0 saturated carbocycles. The zero-order valence-electron chi connectivity index (χ0n) is 26.7. The summed E-state index contributed by atoms with van der Waals surface area (Å²) in [7, 11) is -1.12. The van der Waals surface area contributed by atoms with Gasteiger partial charge in [-0.2, -0.15) is 0 Å². The van der Waals surface area contributed by atoms with E-state index in [2.05, 4.69) is 27.3 Å². The first-order valence-corrected chi connectivity index (χ1v) is 17.5. The molecule has 0 spiro atoms. The van der Waals surface area contributed by atoms with E-state index in [1.807, 2.05) is 0 Å². The van der Waals surface area contributed by atoms with Crippen molar-refractivity contribution < 1.29 is 27.5 Å². The maximum Gasteiger partial charge on any atom is 0.274 e. The number of fused-ring (bicyclic) bond motifs is 1. The number of rotatable bonds is 9. The molecule has 2 aromatic carbocycles. The number of carbonyl (C=O) groups excluding carboxylic acids is 2. The topological polar surface area (TPSA) is 125 Å². The predicted molar refractivity (Wildman–Crippen MR) is 177 cm³/mol. The van der Waals surface area contributed by atoms with Crippen LogP contribution in [0.1, 0.15) is 30.9 Å². The summed E-state index contributed by atoms with van der Waals surface area (Å²) in [5, 5.41) is 2.01. The molecule has 14 heteroatoms. The number of pyridine rings is 1. The molecule has 3 aliphatic rings. The second-order valence-electron chi connectivity index (χ2n) is 11.9. The number of para-hydroxylation sites is 1. The number of hydrazine groups is 1. The molecule has 1 N–H and O–H groups in total. The van der Waals surface area contributed by atoms with Gasteiger partial charge < -0.3 is 14.4 Å². The van der Waals surface area contributed by atoms with Crippen molar-refractivity contribution in [3.8, 4) is 11.6 Å². The third-order valence-corrected chi connectivity index (χ3v) is 11.2. The Labute approximate surface area is 280 Å². The van der Waals surface area contributed by atoms with Crippen LogP contribution in [0.15, 0.2) is 65.7 Å². The lowest BCUT2D eigenvalue weighted by Crippen LogP contribution is -2.61. The number of piperazine rings is 1. The number of aromatic nitrogens is 1. The Hall–Kier alpha value is -3.75. The number of carbonyl (C=O) groups is 2. The SMILES string of the molecule is CCOc1ncccc1C1(C(=O)NN2CCN(C3CCN(C)CC3)CC2)C(=O)N(S(=O)(=O)c2ccccc2OC)c2ccc(Cl)cc21. The number of piperidine rings is 1. The van der Waals surface area contributed by atoms with Gasteiger partial charge in [0.2, 0.25) is 5.88 Å². The van der Waals surface area contributed by atoms with Gasteiger partial charge in [-0.1, -0.05) is 29.8 Å². The molecule has 1 unspecified atom stereocenters. The summed E-state index contributed by atoms with van der Waals surface area (Å²) >= 11 is 6.51. The molecule has 250 valence electrons. The molecular weight excluding hydrogens is 644 g/mol. The van der Waals surface area contributed by atoms with E-state index in [1.165, 1.54) is 49.7 Å². The minimum absolute atomic E-state index is 0.00107. The average molecular weight is 683 g/mol. The van der Waals surface area contributed by atoms with Crippen LogP contribution in [-0.2, 0) is 25.0 Å². The first kappa shape index (κ1) is 33.2. The molecule has 2 amide bonds. The van der Waals surface area contributed by atoms with Crippen molar-refractivity contribution in [1.29, 1.82) is 0 Å². The Bertz CT molecular complexity index is 1760. The van der Waals surface area contributed by atoms with Crippen molar-refractivity contribution >= 4 is 39.1 Å². The fraction of sp³-hybridized carbons (Fsp3) is 0.424. The molecule has 6 rings (SSSR count). The number of likely N-dealkylation sites (tertiary alicyclic amines) is 1. The summed E-state index contributed by atoms with van der Waals surface area (Å²) in [5.41, 5.74) is 0.990. The molecule has 2 saturated heterocycles. The third-order valence-electron chi connectivity index (χ3n) is 9.25. The first-order valence-electron chi connectivity index (χ1n) is 15.7. The van der Waals surface area contributed by atoms with Gasteiger partial charge in [-0.25, -0.2) is 22.7 Å². The lowest BCUT2D eigenvalue weighted by Gasteiger charge is -2.42. The van der Waals surface area contributed by atoms with E-state index in [1.54, 1.807) is 30.1 Å². The van der Waals surface area contributed by atoms with Gasteiger partial charge in [0, 0.05) is 54.6 Å². The van der Waals surface area contributed by atoms with E-state index < -0.39 is 27.3 Å². The Morgan fingerprint density at radius 3 is 2.45 bits per heavy atom. The second kappa shape index (κ2) is 13.4. The van der Waals surface area contributed by atoms with E-state index in [9.17, 15) is 13.2 Å². The maximum atomic E-state index is 15.0. The van der Waals surface area contributed by atoms with Crippen molar-refractivity contribution in [1.82, 2.24) is 25.2 Å². The monoisotopic (exact) mass is 682 g/mol. The van der Waals surface area contributed by atoms with Crippen LogP contribution in [0, 0.1) is 0 Å². The number of ether oxygens (including phenoxy) is 2. The quantitative estimate of drug-likeness (QED) is 0.337. The number of hydrogen-bond donors (Lipinski definition) is 1. The number of anilines is 1. The first-order chi connectivity index (χ1) is 22.6. The van der Waals surface area contributed by atoms with Crippen molar-refractivity contribution in [2.45, 2.75) is 36.1 Å². The van der Waals surface area contributed by atoms with Crippen LogP contribution in [0.2, 0.25) is 5.02 Å². The van der Waals surface area contributed by atoms with E-state index in [-0.39, 0.29) is 45.0 Å². The Kier molecular flexibility index (Phi) is 9.45. The van der Waals surface area contributed by atoms with E-state index >= 15 is 4.79 Å². The van der Waals surface area contributed by atoms with Gasteiger partial charge in [0.15, 0.2) is 5.41 Å². The summed E-state index contributed by atoms with van der Waals surface area (Å²) in [6.45, 7) is 6.59. The number of amides is 2. The van der Waals surface area contributed by atoms with Crippen molar-refractivity contribution in [3.63, 3.8) is 0 Å². The molecule has 12 nitrogen and oxygen atoms in total. The number of hydrogen-bond acceptors (Lipinski definition) is 10. The Morgan fingerprint density at radius 1 is 1.02 bits per heavy atom. The van der Waals surface area contributed by atoms with E-state index in [4.69, 9.17) is 21.1 Å². The number of benzene rings is 2. The van der Waals surface area contributed by atoms with Gasteiger partial charge in [-0.3, -0.25) is 19.9 Å². The van der Waals surface area contributed by atoms with Gasteiger partial charge >= 0.3 is 0 Å². The normalized spacial score (nSPS) is 21.4. The van der Waals surface area contributed by atoms with Crippen LogP contribution in [0.25, 0.3) is 0 Å². The highest BCUT2D eigenvalue weighted by Crippen LogP contribution is 2.51. The number of halogens is 1. The largest absolute Gasteiger partial charge is 0.495 e. The molecule has 1 atom stereocenters. The highest BCUT2D eigenvalue weighted by atomic mass is 35.5. The standard InChI is InChI=1S/C33H39ClN6O6S/c1-4-46-30-25(8-7-15-35-30)33(31(41)36-39-20-18-38(19-21-39)24-13-16-37(2)17-14-24)26-22-23(34)11-12-27(26)40(32(33)42)47(43,44)29-10-6-5-9-28(29)45-3/h5-12,15,22,24H,4,13-14,16-21H2,1-3H3,(H,36,41). The lowest BCUT2D eigenvalue weighted by molar-refractivity contribution is -0.137. The minimum atomic E-state index is -4.60. The number of sulfonamides is 1. The van der Waals surface area contributed by atoms with Gasteiger partial charge in [0.05, 0.1) is 19.4 Å². The number of nitrogens with one attached hydrogen (secondary N) is 1. The van der Waals surface area contributed by atoms with E-state index in [0.29, 0.717) is 23.4 Å². The summed E-state index contributed by atoms with van der Waals surface area (Å²) in [6.07, 6.45) is 3.68. The minimum Gasteiger partial charge on any atom is -0.495 e. The van der Waals surface area contributed by atoms with Crippen LogP contribution >= 0.6 is 11.6 Å². The molecule has 47 heavy (non-hydrogen) atoms. The lowest BCUT2D eigenvalue weighted by atomic mass is 9.75. The Morgan fingerprint density at radius 2 is 1.74 bits per heavy atom. The van der Waals surface area contributed by atoms with Crippen LogP contribution in [-0.4, -0.2) is 106 Å². The molecule has 1 aromatic heterocycles. The molecule has 3 aliphatic heterocycles. The number of methoxy groups -OCH3 is 1. The molecular formula is C33H39ClN6O6S. The fourth-order valence-electron chi connectivity index (χ4n) is 6.85. The number of nitrogens with zero attached hydrogens (tertiary/aromatic N) is 5. The predicted octanol–water partition coefficient (Wildman–Crippen LogP) is 2.91. The maximum absolute atomic E-state index is 15.0. The van der Waals surface area contributed by atoms with Gasteiger partial charge in [0.1, 0.15) is 10.6 Å². The molecule has 0 aliphatic carbocycles. The zero-order chi connectivity index (χ0) is 33.3. The highest BCUT2D eigenvalue weighted by molar-refractivity contribution is 7.93. The Balaban J connectivity index is 1.43. The summed E-state index contributed by atoms with van der Waals surface area (Å²) < 4.78 is 40.7. The van der Waals surface area contributed by atoms with E-state index in [0.717, 1.165) is 39.0 Å². The van der Waals surface area contributed by atoms with Crippen LogP contribution in [0.4, 0.5) is 5.69 Å². The van der Waals surface area contributed by atoms with Crippen molar-refractivity contribution in [3.05, 3.63) is 76.9 Å². The third kappa shape index (κ3) is 5.84. The van der Waals surface area contributed by atoms with Gasteiger partial charge in [0.25, 0.3) is 21.8 Å². The van der Waals surface area contributed by atoms with Crippen LogP contribution < -0.4 is 19.2 Å². The molecule has 0 radical (unpaired) electrons. The average Bonchev–Trinajstić information content (AvgIpc) is 3.34. The van der Waals surface area contributed by atoms with Gasteiger partial charge in [-0.15, -0.1) is 0 Å². The van der Waals surface area contributed by atoms with Gasteiger partial charge in [-0.05, 0) is 76.3 Å². The summed E-state index contributed by atoms with van der Waals surface area (Å²) in [4.78, 5) is 38.8. The smallest absolute Gasteiger partial charge is 0.274 e. The molecule has 0 bridgehead atoms. The summed E-state index contributed by atoms with van der Waals surface area (Å²) in [6, 6.07) is 14.1. The van der Waals surface area contributed by atoms with Crippen LogP contribution in [0.5, 0.6) is 11.6 Å². The van der Waals surface area contributed by atoms with Crippen molar-refractivity contribution in [2.75, 3.05) is 64.3 Å². The molecule has 3 aromatic rings. The highest BCUT2D eigenvalue weighted by Gasteiger charge is 2.62. The zero-order valence-corrected chi connectivity index (χ0v) is 28.3. The molecule has 2 fully saturated rings. The van der Waals surface area contributed by atoms with Crippen molar-refractivity contribution in [2.24, 2.45) is 0 Å².